The van der Waals surface area contributed by atoms with Crippen molar-refractivity contribution in [1.82, 2.24) is 15.5 Å². The number of fused-ring (bicyclic) bond motifs is 1. The predicted molar refractivity (Wildman–Crippen MR) is 72.5 cm³/mol. The molecule has 104 valence electrons. The molecule has 3 N–H and O–H groups in total. The molecule has 0 radical (unpaired) electrons. The zero-order valence-electron chi connectivity index (χ0n) is 11.3. The van der Waals surface area contributed by atoms with Gasteiger partial charge >= 0.3 is 0 Å². The van der Waals surface area contributed by atoms with Crippen LogP contribution in [0.25, 0.3) is 0 Å². The van der Waals surface area contributed by atoms with Crippen molar-refractivity contribution in [2.24, 2.45) is 23.7 Å². The van der Waals surface area contributed by atoms with Gasteiger partial charge in [-0.15, -0.1) is 0 Å². The Bertz CT molecular complexity index is 264. The highest BCUT2D eigenvalue weighted by Crippen LogP contribution is 2.47. The van der Waals surface area contributed by atoms with Crippen LogP contribution in [-0.4, -0.2) is 62.4 Å². The standard InChI is InChI=1S/C14H27N3O/c18-10-11-2-1-4-17(9-11)5-3-15-6-12-13-7-16-8-14(12)13/h11-16,18H,1-10H2/t11?,12?,13-,14+. The largest absolute Gasteiger partial charge is 0.396 e. The number of nitrogens with one attached hydrogen (secondary N) is 2. The lowest BCUT2D eigenvalue weighted by molar-refractivity contribution is 0.121. The average molecular weight is 253 g/mol. The first-order valence-electron chi connectivity index (χ1n) is 7.63. The zero-order valence-corrected chi connectivity index (χ0v) is 11.3. The molecule has 0 aromatic rings. The van der Waals surface area contributed by atoms with Crippen molar-refractivity contribution in [1.29, 1.82) is 0 Å². The van der Waals surface area contributed by atoms with Crippen LogP contribution >= 0.6 is 0 Å². The Morgan fingerprint density at radius 2 is 2.11 bits per heavy atom. The molecular formula is C14H27N3O. The van der Waals surface area contributed by atoms with Gasteiger partial charge in [-0.25, -0.2) is 0 Å². The van der Waals surface area contributed by atoms with Crippen LogP contribution in [0.15, 0.2) is 0 Å². The molecule has 1 aliphatic carbocycles. The average Bonchev–Trinajstić information content (AvgIpc) is 2.85. The van der Waals surface area contributed by atoms with Gasteiger partial charge in [-0.05, 0) is 62.7 Å². The zero-order chi connectivity index (χ0) is 12.4. The third kappa shape index (κ3) is 2.87. The van der Waals surface area contributed by atoms with Crippen LogP contribution in [0.4, 0.5) is 0 Å². The monoisotopic (exact) mass is 253 g/mol. The normalized spacial score (nSPS) is 39.8. The van der Waals surface area contributed by atoms with E-state index in [1.54, 1.807) is 0 Å². The van der Waals surface area contributed by atoms with E-state index < -0.39 is 0 Å². The Morgan fingerprint density at radius 1 is 1.28 bits per heavy atom. The molecule has 2 unspecified atom stereocenters. The van der Waals surface area contributed by atoms with Gasteiger partial charge in [-0.1, -0.05) is 0 Å². The molecule has 18 heavy (non-hydrogen) atoms. The van der Waals surface area contributed by atoms with Crippen molar-refractivity contribution < 1.29 is 5.11 Å². The topological polar surface area (TPSA) is 47.5 Å². The molecule has 2 aliphatic heterocycles. The fourth-order valence-electron chi connectivity index (χ4n) is 3.86. The summed E-state index contributed by atoms with van der Waals surface area (Å²) in [4.78, 5) is 2.51. The summed E-state index contributed by atoms with van der Waals surface area (Å²) in [5, 5.41) is 16.3. The molecule has 0 amide bonds. The number of piperidine rings is 2. The molecule has 3 aliphatic rings. The molecule has 0 aromatic carbocycles. The van der Waals surface area contributed by atoms with Crippen LogP contribution in [0.5, 0.6) is 0 Å². The lowest BCUT2D eigenvalue weighted by Gasteiger charge is -2.31. The minimum atomic E-state index is 0.363. The molecular weight excluding hydrogens is 226 g/mol. The van der Waals surface area contributed by atoms with Gasteiger partial charge in [0.05, 0.1) is 0 Å². The first-order chi connectivity index (χ1) is 8.88. The summed E-state index contributed by atoms with van der Waals surface area (Å²) in [5.74, 6) is 3.43. The summed E-state index contributed by atoms with van der Waals surface area (Å²) in [5.41, 5.74) is 0. The van der Waals surface area contributed by atoms with Gasteiger partial charge in [0.2, 0.25) is 0 Å². The molecule has 0 spiro atoms. The first-order valence-corrected chi connectivity index (χ1v) is 7.63. The molecule has 4 atom stereocenters. The van der Waals surface area contributed by atoms with E-state index in [1.807, 2.05) is 0 Å². The van der Waals surface area contributed by atoms with E-state index in [-0.39, 0.29) is 0 Å². The molecule has 4 heteroatoms. The lowest BCUT2D eigenvalue weighted by atomic mass is 9.99. The first kappa shape index (κ1) is 12.9. The number of hydrogen-bond donors (Lipinski definition) is 3. The van der Waals surface area contributed by atoms with Crippen LogP contribution < -0.4 is 10.6 Å². The van der Waals surface area contributed by atoms with Crippen LogP contribution in [-0.2, 0) is 0 Å². The van der Waals surface area contributed by atoms with Gasteiger partial charge in [0.25, 0.3) is 0 Å². The Labute approximate surface area is 110 Å². The van der Waals surface area contributed by atoms with Crippen LogP contribution in [0.1, 0.15) is 12.8 Å². The molecule has 4 nitrogen and oxygen atoms in total. The van der Waals surface area contributed by atoms with Gasteiger partial charge in [0.1, 0.15) is 0 Å². The van der Waals surface area contributed by atoms with Crippen molar-refractivity contribution in [3.8, 4) is 0 Å². The Kier molecular flexibility index (Phi) is 4.19. The van der Waals surface area contributed by atoms with Crippen molar-refractivity contribution in [3.05, 3.63) is 0 Å². The van der Waals surface area contributed by atoms with Crippen LogP contribution in [0.3, 0.4) is 0 Å². The van der Waals surface area contributed by atoms with Gasteiger partial charge < -0.3 is 20.6 Å². The molecule has 0 aromatic heterocycles. The second-order valence-electron chi connectivity index (χ2n) is 6.35. The number of rotatable bonds is 6. The highest BCUT2D eigenvalue weighted by molar-refractivity contribution is 5.04. The molecule has 1 saturated carbocycles. The quantitative estimate of drug-likeness (QED) is 0.571. The van der Waals surface area contributed by atoms with Crippen molar-refractivity contribution in [3.63, 3.8) is 0 Å². The number of nitrogens with zero attached hydrogens (tertiary/aromatic N) is 1. The number of likely N-dealkylation sites (tertiary alicyclic amines) is 1. The third-order valence-electron chi connectivity index (χ3n) is 5.12. The van der Waals surface area contributed by atoms with Crippen LogP contribution in [0.2, 0.25) is 0 Å². The fourth-order valence-corrected chi connectivity index (χ4v) is 3.86. The van der Waals surface area contributed by atoms with Gasteiger partial charge in [-0.3, -0.25) is 0 Å². The Morgan fingerprint density at radius 3 is 2.89 bits per heavy atom. The number of aliphatic hydroxyl groups excluding tert-OH is 1. The highest BCUT2D eigenvalue weighted by atomic mass is 16.3. The van der Waals surface area contributed by atoms with E-state index in [0.29, 0.717) is 12.5 Å². The maximum atomic E-state index is 9.21. The van der Waals surface area contributed by atoms with E-state index in [1.165, 1.54) is 39.0 Å². The second kappa shape index (κ2) is 5.87. The highest BCUT2D eigenvalue weighted by Gasteiger charge is 2.51. The number of aliphatic hydroxyl groups is 1. The van der Waals surface area contributed by atoms with Crippen LogP contribution in [0, 0.1) is 23.7 Å². The lowest BCUT2D eigenvalue weighted by Crippen LogP contribution is -2.41. The SMILES string of the molecule is OCC1CCCN(CCNCC2[C@H]3CNC[C@@H]23)C1. The van der Waals surface area contributed by atoms with E-state index in [0.717, 1.165) is 37.4 Å². The smallest absolute Gasteiger partial charge is 0.0471 e. The Balaban J connectivity index is 1.26. The summed E-state index contributed by atoms with van der Waals surface area (Å²) < 4.78 is 0. The molecule has 3 fully saturated rings. The molecule has 2 heterocycles. The maximum absolute atomic E-state index is 9.21. The summed E-state index contributed by atoms with van der Waals surface area (Å²) in [7, 11) is 0. The van der Waals surface area contributed by atoms with E-state index in [4.69, 9.17) is 0 Å². The van der Waals surface area contributed by atoms with Crippen molar-refractivity contribution in [2.45, 2.75) is 12.8 Å². The summed E-state index contributed by atoms with van der Waals surface area (Å²) in [6.07, 6.45) is 2.46. The van der Waals surface area contributed by atoms with Gasteiger partial charge in [0.15, 0.2) is 0 Å². The summed E-state index contributed by atoms with van der Waals surface area (Å²) in [6, 6.07) is 0. The molecule has 0 bridgehead atoms. The second-order valence-corrected chi connectivity index (χ2v) is 6.35. The van der Waals surface area contributed by atoms with Crippen molar-refractivity contribution in [2.75, 3.05) is 52.4 Å². The minimum absolute atomic E-state index is 0.363. The fraction of sp³-hybridized carbons (Fsp3) is 1.00. The Hall–Kier alpha value is -0.160. The van der Waals surface area contributed by atoms with Gasteiger partial charge in [0, 0.05) is 26.2 Å². The predicted octanol–water partition coefficient (Wildman–Crippen LogP) is -0.254. The summed E-state index contributed by atoms with van der Waals surface area (Å²) >= 11 is 0. The maximum Gasteiger partial charge on any atom is 0.0471 e. The van der Waals surface area contributed by atoms with Gasteiger partial charge in [-0.2, -0.15) is 0 Å². The van der Waals surface area contributed by atoms with Crippen molar-refractivity contribution >= 4 is 0 Å². The van der Waals surface area contributed by atoms with E-state index in [2.05, 4.69) is 15.5 Å². The third-order valence-corrected chi connectivity index (χ3v) is 5.12. The number of hydrogen-bond acceptors (Lipinski definition) is 4. The van der Waals surface area contributed by atoms with E-state index in [9.17, 15) is 5.11 Å². The summed E-state index contributed by atoms with van der Waals surface area (Å²) in [6.45, 7) is 8.66. The molecule has 3 rings (SSSR count). The van der Waals surface area contributed by atoms with E-state index >= 15 is 0 Å². The minimum Gasteiger partial charge on any atom is -0.396 e. The molecule has 2 saturated heterocycles.